The largest absolute Gasteiger partial charge is 0.320 e. The maximum Gasteiger partial charge on any atom is 0.255 e. The van der Waals surface area contributed by atoms with Gasteiger partial charge in [-0.2, -0.15) is 5.10 Å². The SMILES string of the molecule is O=C(Nc1ccccc1-n1cncn1)c1ccnc(Cl)c1. The molecule has 2 aromatic heterocycles. The lowest BCUT2D eigenvalue weighted by Crippen LogP contribution is -2.14. The fourth-order valence-corrected chi connectivity index (χ4v) is 2.02. The molecule has 3 rings (SSSR count). The van der Waals surface area contributed by atoms with Crippen molar-refractivity contribution in [2.45, 2.75) is 0 Å². The molecule has 0 aliphatic carbocycles. The second-order valence-corrected chi connectivity index (χ2v) is 4.57. The van der Waals surface area contributed by atoms with Gasteiger partial charge >= 0.3 is 0 Å². The highest BCUT2D eigenvalue weighted by molar-refractivity contribution is 6.29. The van der Waals surface area contributed by atoms with E-state index in [4.69, 9.17) is 11.6 Å². The number of halogens is 1. The van der Waals surface area contributed by atoms with E-state index in [0.29, 0.717) is 11.3 Å². The van der Waals surface area contributed by atoms with Crippen molar-refractivity contribution in [3.05, 3.63) is 66.0 Å². The van der Waals surface area contributed by atoms with Gasteiger partial charge in [-0.05, 0) is 24.3 Å². The van der Waals surface area contributed by atoms with E-state index >= 15 is 0 Å². The van der Waals surface area contributed by atoms with Gasteiger partial charge in [0.05, 0.1) is 11.4 Å². The average molecular weight is 300 g/mol. The van der Waals surface area contributed by atoms with Gasteiger partial charge in [-0.25, -0.2) is 14.6 Å². The first-order chi connectivity index (χ1) is 10.2. The summed E-state index contributed by atoms with van der Waals surface area (Å²) in [5.41, 5.74) is 1.79. The predicted octanol–water partition coefficient (Wildman–Crippen LogP) is 2.57. The molecule has 6 nitrogen and oxygen atoms in total. The van der Waals surface area contributed by atoms with Crippen LogP contribution in [0.25, 0.3) is 5.69 Å². The normalized spacial score (nSPS) is 10.3. The number of pyridine rings is 1. The van der Waals surface area contributed by atoms with E-state index in [1.165, 1.54) is 18.6 Å². The Kier molecular flexibility index (Phi) is 3.61. The Morgan fingerprint density at radius 1 is 1.24 bits per heavy atom. The second-order valence-electron chi connectivity index (χ2n) is 4.18. The molecule has 0 fully saturated rings. The van der Waals surface area contributed by atoms with Gasteiger partial charge in [0.2, 0.25) is 0 Å². The van der Waals surface area contributed by atoms with E-state index < -0.39 is 0 Å². The maximum absolute atomic E-state index is 12.2. The highest BCUT2D eigenvalue weighted by Gasteiger charge is 2.10. The molecule has 104 valence electrons. The number of anilines is 1. The first kappa shape index (κ1) is 13.3. The molecule has 0 atom stereocenters. The van der Waals surface area contributed by atoms with Crippen molar-refractivity contribution in [3.63, 3.8) is 0 Å². The molecule has 0 aliphatic heterocycles. The molecule has 0 aliphatic rings. The first-order valence-electron chi connectivity index (χ1n) is 6.11. The van der Waals surface area contributed by atoms with Gasteiger partial charge in [-0.1, -0.05) is 23.7 Å². The van der Waals surface area contributed by atoms with Crippen LogP contribution in [0.2, 0.25) is 5.15 Å². The van der Waals surface area contributed by atoms with Crippen molar-refractivity contribution in [2.24, 2.45) is 0 Å². The number of nitrogens with zero attached hydrogens (tertiary/aromatic N) is 4. The van der Waals surface area contributed by atoms with Crippen LogP contribution < -0.4 is 5.32 Å². The standard InChI is InChI=1S/C14H10ClN5O/c15-13-7-10(5-6-17-13)14(21)19-11-3-1-2-4-12(11)20-9-16-8-18-20/h1-9H,(H,19,21). The number of carbonyl (C=O) groups is 1. The van der Waals surface area contributed by atoms with Crippen molar-refractivity contribution in [2.75, 3.05) is 5.32 Å². The minimum atomic E-state index is -0.271. The van der Waals surface area contributed by atoms with Crippen molar-refractivity contribution in [3.8, 4) is 5.69 Å². The van der Waals surface area contributed by atoms with E-state index in [1.54, 1.807) is 23.1 Å². The summed E-state index contributed by atoms with van der Waals surface area (Å²) in [5.74, 6) is -0.271. The third kappa shape index (κ3) is 2.90. The fourth-order valence-electron chi connectivity index (χ4n) is 1.85. The Hall–Kier alpha value is -2.73. The summed E-state index contributed by atoms with van der Waals surface area (Å²) >= 11 is 5.79. The summed E-state index contributed by atoms with van der Waals surface area (Å²) in [5, 5.41) is 7.16. The number of para-hydroxylation sites is 2. The molecule has 1 amide bonds. The van der Waals surface area contributed by atoms with Gasteiger partial charge in [0.1, 0.15) is 17.8 Å². The van der Waals surface area contributed by atoms with Gasteiger partial charge < -0.3 is 5.32 Å². The molecule has 0 radical (unpaired) electrons. The van der Waals surface area contributed by atoms with E-state index in [2.05, 4.69) is 20.4 Å². The Balaban J connectivity index is 1.90. The van der Waals surface area contributed by atoms with Crippen LogP contribution in [0.3, 0.4) is 0 Å². The highest BCUT2D eigenvalue weighted by Crippen LogP contribution is 2.19. The number of amides is 1. The van der Waals surface area contributed by atoms with Crippen LogP contribution in [-0.2, 0) is 0 Å². The van der Waals surface area contributed by atoms with Gasteiger partial charge in [-0.3, -0.25) is 4.79 Å². The number of hydrogen-bond acceptors (Lipinski definition) is 4. The molecular formula is C14H10ClN5O. The van der Waals surface area contributed by atoms with Crippen LogP contribution in [0.15, 0.2) is 55.2 Å². The molecule has 21 heavy (non-hydrogen) atoms. The van der Waals surface area contributed by atoms with Crippen LogP contribution in [-0.4, -0.2) is 25.7 Å². The second kappa shape index (κ2) is 5.72. The van der Waals surface area contributed by atoms with Gasteiger partial charge in [-0.15, -0.1) is 0 Å². The molecule has 0 spiro atoms. The third-order valence-corrected chi connectivity index (χ3v) is 3.01. The summed E-state index contributed by atoms with van der Waals surface area (Å²) in [7, 11) is 0. The van der Waals surface area contributed by atoms with E-state index in [1.807, 2.05) is 18.2 Å². The summed E-state index contributed by atoms with van der Waals surface area (Å²) in [4.78, 5) is 20.0. The van der Waals surface area contributed by atoms with Crippen LogP contribution in [0.1, 0.15) is 10.4 Å². The third-order valence-electron chi connectivity index (χ3n) is 2.81. The summed E-state index contributed by atoms with van der Waals surface area (Å²) in [6, 6.07) is 10.4. The molecule has 3 aromatic rings. The molecule has 1 N–H and O–H groups in total. The Morgan fingerprint density at radius 3 is 2.86 bits per heavy atom. The monoisotopic (exact) mass is 299 g/mol. The molecule has 0 saturated carbocycles. The van der Waals surface area contributed by atoms with Crippen LogP contribution in [0.4, 0.5) is 5.69 Å². The Morgan fingerprint density at radius 2 is 2.10 bits per heavy atom. The number of hydrogen-bond donors (Lipinski definition) is 1. The number of rotatable bonds is 3. The number of carbonyl (C=O) groups excluding carboxylic acids is 1. The highest BCUT2D eigenvalue weighted by atomic mass is 35.5. The van der Waals surface area contributed by atoms with Crippen LogP contribution >= 0.6 is 11.6 Å². The molecule has 0 unspecified atom stereocenters. The van der Waals surface area contributed by atoms with Crippen LogP contribution in [0.5, 0.6) is 0 Å². The minimum Gasteiger partial charge on any atom is -0.320 e. The molecule has 7 heteroatoms. The summed E-state index contributed by atoms with van der Waals surface area (Å²) < 4.78 is 1.58. The molecule has 2 heterocycles. The minimum absolute atomic E-state index is 0.271. The molecular weight excluding hydrogens is 290 g/mol. The van der Waals surface area contributed by atoms with E-state index in [9.17, 15) is 4.79 Å². The topological polar surface area (TPSA) is 72.7 Å². The van der Waals surface area contributed by atoms with Crippen molar-refractivity contribution < 1.29 is 4.79 Å². The van der Waals surface area contributed by atoms with Crippen molar-refractivity contribution in [1.29, 1.82) is 0 Å². The fraction of sp³-hybridized carbons (Fsp3) is 0. The van der Waals surface area contributed by atoms with Gasteiger partial charge in [0.25, 0.3) is 5.91 Å². The summed E-state index contributed by atoms with van der Waals surface area (Å²) in [6.07, 6.45) is 4.48. The lowest BCUT2D eigenvalue weighted by Gasteiger charge is -2.10. The zero-order valence-corrected chi connectivity index (χ0v) is 11.5. The van der Waals surface area contributed by atoms with Crippen molar-refractivity contribution in [1.82, 2.24) is 19.7 Å². The summed E-state index contributed by atoms with van der Waals surface area (Å²) in [6.45, 7) is 0. The lowest BCUT2D eigenvalue weighted by atomic mass is 10.2. The molecule has 0 saturated heterocycles. The number of aromatic nitrogens is 4. The molecule has 1 aromatic carbocycles. The lowest BCUT2D eigenvalue weighted by molar-refractivity contribution is 0.102. The van der Waals surface area contributed by atoms with E-state index in [0.717, 1.165) is 5.69 Å². The van der Waals surface area contributed by atoms with Gasteiger partial charge in [0, 0.05) is 11.8 Å². The van der Waals surface area contributed by atoms with E-state index in [-0.39, 0.29) is 11.1 Å². The van der Waals surface area contributed by atoms with Gasteiger partial charge in [0.15, 0.2) is 0 Å². The average Bonchev–Trinajstić information content (AvgIpc) is 3.02. The number of benzene rings is 1. The van der Waals surface area contributed by atoms with Crippen molar-refractivity contribution >= 4 is 23.2 Å². The smallest absolute Gasteiger partial charge is 0.255 e. The Bertz CT molecular complexity index is 773. The number of nitrogens with one attached hydrogen (secondary N) is 1. The first-order valence-corrected chi connectivity index (χ1v) is 6.49. The maximum atomic E-state index is 12.2. The quantitative estimate of drug-likeness (QED) is 0.754. The molecule has 0 bridgehead atoms. The Labute approximate surface area is 125 Å². The zero-order chi connectivity index (χ0) is 14.7. The zero-order valence-electron chi connectivity index (χ0n) is 10.8. The van der Waals surface area contributed by atoms with Crippen LogP contribution in [0, 0.1) is 0 Å². The predicted molar refractivity (Wildman–Crippen MR) is 78.6 cm³/mol.